The summed E-state index contributed by atoms with van der Waals surface area (Å²) in [5.41, 5.74) is 0. The molecule has 0 heterocycles. The third-order valence-electron chi connectivity index (χ3n) is 2.09. The molecule has 0 saturated carbocycles. The van der Waals surface area contributed by atoms with Crippen molar-refractivity contribution >= 4 is 11.9 Å². The maximum absolute atomic E-state index is 11.2. The molecule has 0 aliphatic carbocycles. The van der Waals surface area contributed by atoms with Gasteiger partial charge in [0.1, 0.15) is 6.61 Å². The summed E-state index contributed by atoms with van der Waals surface area (Å²) in [7, 11) is 0. The van der Waals surface area contributed by atoms with Crippen LogP contribution in [0.4, 0.5) is 0 Å². The predicted octanol–water partition coefficient (Wildman–Crippen LogP) is 0.886. The Bertz CT molecular complexity index is 228. The molecule has 0 fully saturated rings. The second kappa shape index (κ2) is 8.10. The van der Waals surface area contributed by atoms with Crippen LogP contribution >= 0.6 is 0 Å². The molecule has 1 unspecified atom stereocenters. The number of hydrogen-bond donors (Lipinski definition) is 2. The van der Waals surface area contributed by atoms with E-state index >= 15 is 0 Å². The van der Waals surface area contributed by atoms with Gasteiger partial charge in [-0.1, -0.05) is 13.8 Å². The van der Waals surface area contributed by atoms with Crippen molar-refractivity contribution in [2.75, 3.05) is 19.8 Å². The highest BCUT2D eigenvalue weighted by atomic mass is 16.5. The molecule has 0 aliphatic rings. The lowest BCUT2D eigenvalue weighted by molar-refractivity contribution is -0.142. The third-order valence-corrected chi connectivity index (χ3v) is 2.09. The molecule has 94 valence electrons. The Labute approximate surface area is 96.2 Å². The van der Waals surface area contributed by atoms with Crippen molar-refractivity contribution in [2.24, 2.45) is 11.8 Å². The zero-order valence-corrected chi connectivity index (χ0v) is 10.2. The highest BCUT2D eigenvalue weighted by Gasteiger charge is 2.19. The third kappa shape index (κ3) is 7.23. The van der Waals surface area contributed by atoms with E-state index in [1.807, 2.05) is 13.8 Å². The number of nitrogens with one attached hydrogen (secondary N) is 1. The van der Waals surface area contributed by atoms with Crippen molar-refractivity contribution < 1.29 is 19.4 Å². The molecule has 5 heteroatoms. The second-order valence-corrected chi connectivity index (χ2v) is 4.11. The topological polar surface area (TPSA) is 75.6 Å². The summed E-state index contributed by atoms with van der Waals surface area (Å²) in [6, 6.07) is 0. The van der Waals surface area contributed by atoms with E-state index < -0.39 is 11.9 Å². The first-order valence-corrected chi connectivity index (χ1v) is 5.54. The summed E-state index contributed by atoms with van der Waals surface area (Å²) in [4.78, 5) is 22.1. The SMILES string of the molecule is CCOCC(=O)NCC(CC(C)C)C(=O)O. The number of carbonyl (C=O) groups is 2. The van der Waals surface area contributed by atoms with Crippen LogP contribution < -0.4 is 5.32 Å². The van der Waals surface area contributed by atoms with Crippen LogP contribution in [0.3, 0.4) is 0 Å². The molecular weight excluding hydrogens is 210 g/mol. The minimum absolute atomic E-state index is 0.00941. The molecule has 0 aromatic heterocycles. The van der Waals surface area contributed by atoms with Gasteiger partial charge in [0.05, 0.1) is 5.92 Å². The number of carboxylic acids is 1. The summed E-state index contributed by atoms with van der Waals surface area (Å²) in [6.45, 7) is 6.34. The first kappa shape index (κ1) is 14.9. The maximum Gasteiger partial charge on any atom is 0.308 e. The molecule has 1 amide bonds. The molecule has 2 N–H and O–H groups in total. The normalized spacial score (nSPS) is 12.5. The van der Waals surface area contributed by atoms with E-state index in [0.29, 0.717) is 18.9 Å². The smallest absolute Gasteiger partial charge is 0.308 e. The molecular formula is C11H21NO4. The van der Waals surface area contributed by atoms with Crippen LogP contribution in [0.25, 0.3) is 0 Å². The van der Waals surface area contributed by atoms with Crippen LogP contribution in [0.15, 0.2) is 0 Å². The standard InChI is InChI=1S/C11H21NO4/c1-4-16-7-10(13)12-6-9(11(14)15)5-8(2)3/h8-9H,4-7H2,1-3H3,(H,12,13)(H,14,15). The van der Waals surface area contributed by atoms with E-state index in [1.54, 1.807) is 6.92 Å². The van der Waals surface area contributed by atoms with Crippen LogP contribution in [0.1, 0.15) is 27.2 Å². The van der Waals surface area contributed by atoms with Gasteiger partial charge in [0.2, 0.25) is 5.91 Å². The molecule has 16 heavy (non-hydrogen) atoms. The summed E-state index contributed by atoms with van der Waals surface area (Å²) in [5.74, 6) is -1.36. The van der Waals surface area contributed by atoms with Crippen LogP contribution in [0, 0.1) is 11.8 Å². The lowest BCUT2D eigenvalue weighted by Crippen LogP contribution is -2.35. The first-order chi connectivity index (χ1) is 7.47. The average molecular weight is 231 g/mol. The molecule has 0 radical (unpaired) electrons. The lowest BCUT2D eigenvalue weighted by atomic mass is 9.97. The van der Waals surface area contributed by atoms with E-state index in [4.69, 9.17) is 9.84 Å². The van der Waals surface area contributed by atoms with Gasteiger partial charge in [-0.15, -0.1) is 0 Å². The van der Waals surface area contributed by atoms with Gasteiger partial charge in [0.15, 0.2) is 0 Å². The Morgan fingerprint density at radius 1 is 1.38 bits per heavy atom. The lowest BCUT2D eigenvalue weighted by Gasteiger charge is -2.15. The van der Waals surface area contributed by atoms with Crippen LogP contribution in [0.5, 0.6) is 0 Å². The molecule has 0 aromatic carbocycles. The molecule has 1 atom stereocenters. The monoisotopic (exact) mass is 231 g/mol. The van der Waals surface area contributed by atoms with Gasteiger partial charge in [-0.3, -0.25) is 9.59 Å². The Morgan fingerprint density at radius 2 is 2.00 bits per heavy atom. The second-order valence-electron chi connectivity index (χ2n) is 4.11. The molecule has 0 aromatic rings. The Balaban J connectivity index is 3.92. The van der Waals surface area contributed by atoms with Gasteiger partial charge in [-0.25, -0.2) is 0 Å². The number of hydrogen-bond acceptors (Lipinski definition) is 3. The van der Waals surface area contributed by atoms with Crippen molar-refractivity contribution in [1.29, 1.82) is 0 Å². The zero-order chi connectivity index (χ0) is 12.6. The van der Waals surface area contributed by atoms with Crippen LogP contribution in [-0.2, 0) is 14.3 Å². The van der Waals surface area contributed by atoms with Crippen molar-refractivity contribution in [2.45, 2.75) is 27.2 Å². The van der Waals surface area contributed by atoms with E-state index in [2.05, 4.69) is 5.32 Å². The number of carboxylic acid groups (broad SMARTS) is 1. The Hall–Kier alpha value is -1.10. The Morgan fingerprint density at radius 3 is 2.44 bits per heavy atom. The zero-order valence-electron chi connectivity index (χ0n) is 10.2. The number of carbonyl (C=O) groups excluding carboxylic acids is 1. The highest BCUT2D eigenvalue weighted by molar-refractivity contribution is 5.78. The average Bonchev–Trinajstić information content (AvgIpc) is 2.20. The largest absolute Gasteiger partial charge is 0.481 e. The van der Waals surface area contributed by atoms with Gasteiger partial charge in [-0.05, 0) is 19.3 Å². The summed E-state index contributed by atoms with van der Waals surface area (Å²) < 4.78 is 4.91. The van der Waals surface area contributed by atoms with Crippen molar-refractivity contribution in [3.05, 3.63) is 0 Å². The van der Waals surface area contributed by atoms with Crippen LogP contribution in [0.2, 0.25) is 0 Å². The molecule has 0 rings (SSSR count). The fraction of sp³-hybridized carbons (Fsp3) is 0.818. The van der Waals surface area contributed by atoms with E-state index in [9.17, 15) is 9.59 Å². The van der Waals surface area contributed by atoms with E-state index in [-0.39, 0.29) is 19.1 Å². The minimum Gasteiger partial charge on any atom is -0.481 e. The summed E-state index contributed by atoms with van der Waals surface area (Å²) in [6.07, 6.45) is 0.560. The number of rotatable bonds is 8. The predicted molar refractivity (Wildman–Crippen MR) is 60.1 cm³/mol. The Kier molecular flexibility index (Phi) is 7.54. The van der Waals surface area contributed by atoms with E-state index in [0.717, 1.165) is 0 Å². The fourth-order valence-corrected chi connectivity index (χ4v) is 1.32. The van der Waals surface area contributed by atoms with Gasteiger partial charge < -0.3 is 15.2 Å². The minimum atomic E-state index is -0.870. The van der Waals surface area contributed by atoms with Crippen molar-refractivity contribution in [3.63, 3.8) is 0 Å². The molecule has 0 bridgehead atoms. The van der Waals surface area contributed by atoms with Crippen molar-refractivity contribution in [3.8, 4) is 0 Å². The number of ether oxygens (including phenoxy) is 1. The van der Waals surface area contributed by atoms with E-state index in [1.165, 1.54) is 0 Å². The number of aliphatic carboxylic acids is 1. The molecule has 5 nitrogen and oxygen atoms in total. The van der Waals surface area contributed by atoms with Crippen molar-refractivity contribution in [1.82, 2.24) is 5.32 Å². The summed E-state index contributed by atoms with van der Waals surface area (Å²) >= 11 is 0. The molecule has 0 saturated heterocycles. The van der Waals surface area contributed by atoms with Gasteiger partial charge in [0.25, 0.3) is 0 Å². The van der Waals surface area contributed by atoms with Gasteiger partial charge in [-0.2, -0.15) is 0 Å². The van der Waals surface area contributed by atoms with Gasteiger partial charge >= 0.3 is 5.97 Å². The first-order valence-electron chi connectivity index (χ1n) is 5.54. The summed E-state index contributed by atoms with van der Waals surface area (Å²) in [5, 5.41) is 11.5. The fourth-order valence-electron chi connectivity index (χ4n) is 1.32. The number of amides is 1. The van der Waals surface area contributed by atoms with Crippen LogP contribution in [-0.4, -0.2) is 36.7 Å². The molecule has 0 aliphatic heterocycles. The maximum atomic E-state index is 11.2. The molecule has 0 spiro atoms. The van der Waals surface area contributed by atoms with Gasteiger partial charge in [0, 0.05) is 13.2 Å². The quantitative estimate of drug-likeness (QED) is 0.650. The highest BCUT2D eigenvalue weighted by Crippen LogP contribution is 2.10.